The van der Waals surface area contributed by atoms with Gasteiger partial charge in [0.05, 0.1) is 35.5 Å². The average Bonchev–Trinajstić information content (AvgIpc) is 2.94. The fourth-order valence-electron chi connectivity index (χ4n) is 2.93. The molecule has 5 nitrogen and oxygen atoms in total. The van der Waals surface area contributed by atoms with Crippen LogP contribution < -0.4 is 0 Å². The van der Waals surface area contributed by atoms with E-state index in [1.54, 1.807) is 23.1 Å². The van der Waals surface area contributed by atoms with Crippen LogP contribution in [0, 0.1) is 0 Å². The van der Waals surface area contributed by atoms with Crippen molar-refractivity contribution in [2.45, 2.75) is 55.9 Å². The third-order valence-electron chi connectivity index (χ3n) is 3.79. The molecule has 0 bridgehead atoms. The van der Waals surface area contributed by atoms with Gasteiger partial charge in [0.25, 0.3) is 0 Å². The van der Waals surface area contributed by atoms with Crippen molar-refractivity contribution >= 4 is 39.3 Å². The summed E-state index contributed by atoms with van der Waals surface area (Å²) >= 11 is 3.39. The Morgan fingerprint density at radius 1 is 1.36 bits per heavy atom. The zero-order valence-electron chi connectivity index (χ0n) is 14.7. The molecule has 25 heavy (non-hydrogen) atoms. The minimum atomic E-state index is -0.700. The van der Waals surface area contributed by atoms with Crippen LogP contribution in [0.25, 0.3) is 10.2 Å². The second-order valence-corrected chi connectivity index (χ2v) is 8.68. The lowest BCUT2D eigenvalue weighted by Gasteiger charge is -2.40. The molecule has 1 aromatic heterocycles. The Hall–Kier alpha value is -1.15. The van der Waals surface area contributed by atoms with Gasteiger partial charge < -0.3 is 14.2 Å². The predicted molar refractivity (Wildman–Crippen MR) is 100 cm³/mol. The first-order valence-electron chi connectivity index (χ1n) is 8.45. The van der Waals surface area contributed by atoms with Gasteiger partial charge in [-0.1, -0.05) is 23.9 Å². The first-order chi connectivity index (χ1) is 11.9. The maximum atomic E-state index is 11.8. The highest BCUT2D eigenvalue weighted by molar-refractivity contribution is 8.01. The standard InChI is InChI=1S/C18H23NO4S2/c1-4-21-16(20)10-12-9-13(23-18(2,3)22-12)11-24-17-19-14-7-5-6-8-15(14)25-17/h5-8,12-13H,4,9-11H2,1-3H3/t12-,13+/m1/s1. The molecule has 0 amide bonds. The van der Waals surface area contributed by atoms with E-state index in [9.17, 15) is 4.79 Å². The van der Waals surface area contributed by atoms with E-state index in [2.05, 4.69) is 11.1 Å². The van der Waals surface area contributed by atoms with Gasteiger partial charge in [0.2, 0.25) is 0 Å². The predicted octanol–water partition coefficient (Wildman–Crippen LogP) is 4.25. The van der Waals surface area contributed by atoms with Crippen LogP contribution >= 0.6 is 23.1 Å². The van der Waals surface area contributed by atoms with Crippen molar-refractivity contribution < 1.29 is 19.0 Å². The van der Waals surface area contributed by atoms with E-state index in [1.807, 2.05) is 39.0 Å². The summed E-state index contributed by atoms with van der Waals surface area (Å²) in [4.78, 5) is 16.4. The van der Waals surface area contributed by atoms with Crippen LogP contribution in [0.15, 0.2) is 28.6 Å². The zero-order valence-corrected chi connectivity index (χ0v) is 16.3. The summed E-state index contributed by atoms with van der Waals surface area (Å²) in [6.07, 6.45) is 0.784. The van der Waals surface area contributed by atoms with Gasteiger partial charge >= 0.3 is 5.97 Å². The first-order valence-corrected chi connectivity index (χ1v) is 10.2. The summed E-state index contributed by atoms with van der Waals surface area (Å²) in [5.74, 6) is -0.136. The Bertz CT molecular complexity index is 698. The molecule has 1 fully saturated rings. The highest BCUT2D eigenvalue weighted by Gasteiger charge is 2.36. The van der Waals surface area contributed by atoms with E-state index in [0.717, 1.165) is 15.6 Å². The van der Waals surface area contributed by atoms with Gasteiger partial charge in [-0.05, 0) is 32.9 Å². The van der Waals surface area contributed by atoms with Crippen LogP contribution in [0.2, 0.25) is 0 Å². The number of para-hydroxylation sites is 1. The summed E-state index contributed by atoms with van der Waals surface area (Å²) in [5, 5.41) is 0. The SMILES string of the molecule is CCOC(=O)C[C@H]1C[C@@H](CSc2nc3ccccc3s2)OC(C)(C)O1. The van der Waals surface area contributed by atoms with Crippen molar-refractivity contribution in [2.24, 2.45) is 0 Å². The number of benzene rings is 1. The molecule has 0 radical (unpaired) electrons. The highest BCUT2D eigenvalue weighted by atomic mass is 32.2. The molecule has 136 valence electrons. The highest BCUT2D eigenvalue weighted by Crippen LogP contribution is 2.34. The number of hydrogen-bond donors (Lipinski definition) is 0. The lowest BCUT2D eigenvalue weighted by Crippen LogP contribution is -2.46. The van der Waals surface area contributed by atoms with Crippen LogP contribution in [0.4, 0.5) is 0 Å². The summed E-state index contributed by atoms with van der Waals surface area (Å²) in [5.41, 5.74) is 1.03. The van der Waals surface area contributed by atoms with Gasteiger partial charge in [-0.15, -0.1) is 11.3 Å². The molecule has 0 aliphatic carbocycles. The van der Waals surface area contributed by atoms with E-state index >= 15 is 0 Å². The van der Waals surface area contributed by atoms with Gasteiger partial charge in [0.1, 0.15) is 0 Å². The quantitative estimate of drug-likeness (QED) is 0.551. The van der Waals surface area contributed by atoms with Crippen molar-refractivity contribution in [1.82, 2.24) is 4.98 Å². The summed E-state index contributed by atoms with van der Waals surface area (Å²) in [6, 6.07) is 8.14. The number of aromatic nitrogens is 1. The summed E-state index contributed by atoms with van der Waals surface area (Å²) < 4.78 is 19.2. The van der Waals surface area contributed by atoms with E-state index in [1.165, 1.54) is 4.70 Å². The number of thioether (sulfide) groups is 1. The van der Waals surface area contributed by atoms with Gasteiger partial charge in [0.15, 0.2) is 10.1 Å². The monoisotopic (exact) mass is 381 g/mol. The fourth-order valence-corrected chi connectivity index (χ4v) is 5.03. The van der Waals surface area contributed by atoms with E-state index in [0.29, 0.717) is 13.0 Å². The smallest absolute Gasteiger partial charge is 0.308 e. The van der Waals surface area contributed by atoms with Gasteiger partial charge in [-0.3, -0.25) is 4.79 Å². The first kappa shape index (κ1) is 18.6. The van der Waals surface area contributed by atoms with E-state index < -0.39 is 5.79 Å². The molecule has 0 saturated carbocycles. The van der Waals surface area contributed by atoms with Crippen LogP contribution in [-0.4, -0.2) is 41.3 Å². The number of fused-ring (bicyclic) bond motifs is 1. The molecule has 2 atom stereocenters. The van der Waals surface area contributed by atoms with Crippen LogP contribution in [0.5, 0.6) is 0 Å². The maximum Gasteiger partial charge on any atom is 0.308 e. The molecule has 1 saturated heterocycles. The molecule has 1 aliphatic heterocycles. The summed E-state index contributed by atoms with van der Waals surface area (Å²) in [7, 11) is 0. The zero-order chi connectivity index (χ0) is 17.9. The molecule has 0 unspecified atom stereocenters. The van der Waals surface area contributed by atoms with Gasteiger partial charge in [0, 0.05) is 12.2 Å². The summed E-state index contributed by atoms with van der Waals surface area (Å²) in [6.45, 7) is 5.98. The van der Waals surface area contributed by atoms with Crippen molar-refractivity contribution in [1.29, 1.82) is 0 Å². The van der Waals surface area contributed by atoms with Gasteiger partial charge in [-0.25, -0.2) is 4.98 Å². The molecule has 1 aromatic carbocycles. The topological polar surface area (TPSA) is 57.7 Å². The fraction of sp³-hybridized carbons (Fsp3) is 0.556. The third-order valence-corrected chi connectivity index (χ3v) is 6.10. The lowest BCUT2D eigenvalue weighted by molar-refractivity contribution is -0.295. The molecular formula is C18H23NO4S2. The molecule has 3 rings (SSSR count). The Morgan fingerprint density at radius 3 is 2.88 bits per heavy atom. The van der Waals surface area contributed by atoms with Crippen molar-refractivity contribution in [3.63, 3.8) is 0 Å². The third kappa shape index (κ3) is 5.17. The minimum absolute atomic E-state index is 0.0141. The number of rotatable bonds is 6. The second kappa shape index (κ2) is 8.03. The number of nitrogens with zero attached hydrogens (tertiary/aromatic N) is 1. The van der Waals surface area contributed by atoms with Crippen LogP contribution in [-0.2, 0) is 19.0 Å². The van der Waals surface area contributed by atoms with Crippen molar-refractivity contribution in [3.05, 3.63) is 24.3 Å². The largest absolute Gasteiger partial charge is 0.466 e. The van der Waals surface area contributed by atoms with Crippen LogP contribution in [0.1, 0.15) is 33.6 Å². The van der Waals surface area contributed by atoms with E-state index in [-0.39, 0.29) is 24.6 Å². The van der Waals surface area contributed by atoms with Crippen molar-refractivity contribution in [3.8, 4) is 0 Å². The molecule has 0 spiro atoms. The molecular weight excluding hydrogens is 358 g/mol. The minimum Gasteiger partial charge on any atom is -0.466 e. The normalized spacial score (nSPS) is 22.8. The number of carbonyl (C=O) groups excluding carboxylic acids is 1. The van der Waals surface area contributed by atoms with Gasteiger partial charge in [-0.2, -0.15) is 0 Å². The van der Waals surface area contributed by atoms with E-state index in [4.69, 9.17) is 14.2 Å². The molecule has 1 aliphatic rings. The average molecular weight is 382 g/mol. The lowest BCUT2D eigenvalue weighted by atomic mass is 10.1. The number of carbonyl (C=O) groups is 1. The Kier molecular flexibility index (Phi) is 5.99. The number of ether oxygens (including phenoxy) is 3. The van der Waals surface area contributed by atoms with Crippen molar-refractivity contribution in [2.75, 3.05) is 12.4 Å². The number of esters is 1. The molecule has 2 aromatic rings. The number of hydrogen-bond acceptors (Lipinski definition) is 7. The second-order valence-electron chi connectivity index (χ2n) is 6.38. The molecule has 7 heteroatoms. The molecule has 0 N–H and O–H groups in total. The Labute approximate surface area is 156 Å². The Morgan fingerprint density at radius 2 is 2.12 bits per heavy atom. The van der Waals surface area contributed by atoms with Crippen LogP contribution in [0.3, 0.4) is 0 Å². The Balaban J connectivity index is 1.59. The number of thiazole rings is 1. The maximum absolute atomic E-state index is 11.8. The molecule has 2 heterocycles.